The molecule has 10 heavy (non-hydrogen) atoms. The van der Waals surface area contributed by atoms with E-state index in [1.165, 1.54) is 0 Å². The zero-order valence-electron chi connectivity index (χ0n) is 6.48. The molecule has 0 bridgehead atoms. The van der Waals surface area contributed by atoms with Gasteiger partial charge in [-0.15, -0.1) is 0 Å². The molecule has 0 aliphatic carbocycles. The van der Waals surface area contributed by atoms with Crippen molar-refractivity contribution in [1.82, 2.24) is 10.6 Å². The average Bonchev–Trinajstić information content (AvgIpc) is 1.82. The maximum absolute atomic E-state index is 10.3. The van der Waals surface area contributed by atoms with Crippen LogP contribution in [0.4, 0.5) is 0 Å². The largest absolute Gasteiger partial charge is 0.353 e. The van der Waals surface area contributed by atoms with E-state index < -0.39 is 5.91 Å². The molecule has 1 atom stereocenters. The van der Waals surface area contributed by atoms with Crippen LogP contribution in [0.5, 0.6) is 0 Å². The summed E-state index contributed by atoms with van der Waals surface area (Å²) >= 11 is 0. The number of nitrogens with one attached hydrogen (secondary N) is 2. The maximum Gasteiger partial charge on any atom is 0.224 e. The Hall–Kier alpha value is -0.570. The highest BCUT2D eigenvalue weighted by Gasteiger charge is 2.00. The summed E-state index contributed by atoms with van der Waals surface area (Å²) < 4.78 is 0. The third-order valence-electron chi connectivity index (χ3n) is 1.22. The number of hydrogen-bond acceptors (Lipinski definition) is 2. The monoisotopic (exact) mass is 142 g/mol. The first-order valence-corrected chi connectivity index (χ1v) is 3.37. The molecule has 58 valence electrons. The van der Waals surface area contributed by atoms with E-state index in [4.69, 9.17) is 6.92 Å². The molecule has 0 aromatic rings. The van der Waals surface area contributed by atoms with Gasteiger partial charge in [-0.25, -0.2) is 0 Å². The highest BCUT2D eigenvalue weighted by Crippen LogP contribution is 1.86. The molecule has 0 aromatic carbocycles. The van der Waals surface area contributed by atoms with Crippen LogP contribution in [0.3, 0.4) is 0 Å². The molecule has 1 unspecified atom stereocenters. The molecule has 0 fully saturated rings. The second-order valence-electron chi connectivity index (χ2n) is 2.30. The van der Waals surface area contributed by atoms with Gasteiger partial charge in [0.05, 0.1) is 6.92 Å². The third-order valence-corrected chi connectivity index (χ3v) is 1.22. The van der Waals surface area contributed by atoms with Crippen molar-refractivity contribution < 1.29 is 4.79 Å². The normalized spacial score (nSPS) is 12.7. The molecule has 0 spiro atoms. The predicted molar refractivity (Wildman–Crippen MR) is 40.4 cm³/mol. The summed E-state index contributed by atoms with van der Waals surface area (Å²) in [6, 6.07) is 0.157. The van der Waals surface area contributed by atoms with Gasteiger partial charge < -0.3 is 10.6 Å². The van der Waals surface area contributed by atoms with E-state index in [2.05, 4.69) is 10.6 Å². The Balaban J connectivity index is 3.25. The van der Waals surface area contributed by atoms with Gasteiger partial charge >= 0.3 is 0 Å². The van der Waals surface area contributed by atoms with Crippen LogP contribution in [0.2, 0.25) is 0 Å². The Morgan fingerprint density at radius 1 is 1.70 bits per heavy atom. The summed E-state index contributed by atoms with van der Waals surface area (Å²) in [6.45, 7) is 7.70. The van der Waals surface area contributed by atoms with Crippen LogP contribution in [-0.4, -0.2) is 25.5 Å². The highest BCUT2D eigenvalue weighted by molar-refractivity contribution is 5.80. The third kappa shape index (κ3) is 5.56. The van der Waals surface area contributed by atoms with Gasteiger partial charge in [-0.2, -0.15) is 0 Å². The molecule has 3 nitrogen and oxygen atoms in total. The Morgan fingerprint density at radius 2 is 2.30 bits per heavy atom. The van der Waals surface area contributed by atoms with Crippen molar-refractivity contribution in [2.24, 2.45) is 0 Å². The van der Waals surface area contributed by atoms with Crippen LogP contribution in [0.25, 0.3) is 0 Å². The van der Waals surface area contributed by atoms with Gasteiger partial charge in [0, 0.05) is 6.04 Å². The summed E-state index contributed by atoms with van der Waals surface area (Å²) in [6.07, 6.45) is 0.902. The SMILES string of the molecule is [CH]C(=O)NC(C)CCNC. The van der Waals surface area contributed by atoms with Gasteiger partial charge in [0.2, 0.25) is 5.91 Å². The molecular formula is C7H14N2O. The van der Waals surface area contributed by atoms with E-state index in [-0.39, 0.29) is 6.04 Å². The molecule has 0 saturated heterocycles. The zero-order chi connectivity index (χ0) is 7.98. The fourth-order valence-corrected chi connectivity index (χ4v) is 0.676. The molecule has 0 aromatic heterocycles. The summed E-state index contributed by atoms with van der Waals surface area (Å²) in [5.41, 5.74) is 0. The van der Waals surface area contributed by atoms with Gasteiger partial charge in [0.25, 0.3) is 0 Å². The van der Waals surface area contributed by atoms with Gasteiger partial charge in [0.15, 0.2) is 0 Å². The fraction of sp³-hybridized carbons (Fsp3) is 0.714. The van der Waals surface area contributed by atoms with Crippen molar-refractivity contribution in [3.05, 3.63) is 6.92 Å². The molecule has 0 heterocycles. The number of rotatable bonds is 4. The summed E-state index contributed by atoms with van der Waals surface area (Å²) in [4.78, 5) is 10.3. The van der Waals surface area contributed by atoms with E-state index in [1.807, 2.05) is 14.0 Å². The van der Waals surface area contributed by atoms with Crippen molar-refractivity contribution in [2.75, 3.05) is 13.6 Å². The maximum atomic E-state index is 10.3. The Morgan fingerprint density at radius 3 is 2.70 bits per heavy atom. The van der Waals surface area contributed by atoms with Crippen LogP contribution in [-0.2, 0) is 4.79 Å². The van der Waals surface area contributed by atoms with Gasteiger partial charge in [0.1, 0.15) is 0 Å². The second kappa shape index (κ2) is 5.23. The molecule has 0 saturated carbocycles. The first-order valence-electron chi connectivity index (χ1n) is 3.37. The molecule has 0 aliphatic rings. The minimum Gasteiger partial charge on any atom is -0.353 e. The second-order valence-corrected chi connectivity index (χ2v) is 2.30. The van der Waals surface area contributed by atoms with E-state index >= 15 is 0 Å². The predicted octanol–water partition coefficient (Wildman–Crippen LogP) is -0.188. The minimum absolute atomic E-state index is 0.157. The number of hydrogen-bond donors (Lipinski definition) is 2. The molecule has 2 radical (unpaired) electrons. The fourth-order valence-electron chi connectivity index (χ4n) is 0.676. The van der Waals surface area contributed by atoms with Crippen molar-refractivity contribution in [1.29, 1.82) is 0 Å². The lowest BCUT2D eigenvalue weighted by molar-refractivity contribution is -0.117. The van der Waals surface area contributed by atoms with E-state index in [0.717, 1.165) is 13.0 Å². The smallest absolute Gasteiger partial charge is 0.224 e. The van der Waals surface area contributed by atoms with Gasteiger partial charge in [-0.05, 0) is 26.9 Å². The summed E-state index contributed by atoms with van der Waals surface area (Å²) in [7, 11) is 1.87. The van der Waals surface area contributed by atoms with Crippen LogP contribution in [0, 0.1) is 6.92 Å². The van der Waals surface area contributed by atoms with Crippen LogP contribution in [0.1, 0.15) is 13.3 Å². The Labute approximate surface area is 62.2 Å². The number of carbonyl (C=O) groups excluding carboxylic acids is 1. The van der Waals surface area contributed by atoms with Crippen LogP contribution >= 0.6 is 0 Å². The van der Waals surface area contributed by atoms with Crippen molar-refractivity contribution in [3.8, 4) is 0 Å². The van der Waals surface area contributed by atoms with E-state index in [9.17, 15) is 4.79 Å². The summed E-state index contributed by atoms with van der Waals surface area (Å²) in [5.74, 6) is -0.455. The zero-order valence-corrected chi connectivity index (χ0v) is 6.48. The van der Waals surface area contributed by atoms with Crippen LogP contribution < -0.4 is 10.6 Å². The Kier molecular flexibility index (Phi) is 4.94. The van der Waals surface area contributed by atoms with Crippen molar-refractivity contribution >= 4 is 5.91 Å². The number of carbonyl (C=O) groups is 1. The van der Waals surface area contributed by atoms with E-state index in [0.29, 0.717) is 0 Å². The van der Waals surface area contributed by atoms with Crippen molar-refractivity contribution in [3.63, 3.8) is 0 Å². The molecule has 0 rings (SSSR count). The van der Waals surface area contributed by atoms with Crippen LogP contribution in [0.15, 0.2) is 0 Å². The molecular weight excluding hydrogens is 128 g/mol. The summed E-state index contributed by atoms with van der Waals surface area (Å²) in [5, 5.41) is 5.56. The molecule has 3 heteroatoms. The van der Waals surface area contributed by atoms with Gasteiger partial charge in [-0.3, -0.25) is 4.79 Å². The average molecular weight is 142 g/mol. The van der Waals surface area contributed by atoms with Crippen molar-refractivity contribution in [2.45, 2.75) is 19.4 Å². The lowest BCUT2D eigenvalue weighted by atomic mass is 10.2. The lowest BCUT2D eigenvalue weighted by Crippen LogP contribution is -2.32. The highest BCUT2D eigenvalue weighted by atomic mass is 16.1. The topological polar surface area (TPSA) is 41.1 Å². The quantitative estimate of drug-likeness (QED) is 0.571. The number of amides is 1. The van der Waals surface area contributed by atoms with E-state index in [1.54, 1.807) is 0 Å². The molecule has 2 N–H and O–H groups in total. The first kappa shape index (κ1) is 9.43. The first-order chi connectivity index (χ1) is 4.66. The Bertz CT molecular complexity index is 104. The molecule has 1 amide bonds. The molecule has 0 aliphatic heterocycles. The van der Waals surface area contributed by atoms with Gasteiger partial charge in [-0.1, -0.05) is 0 Å². The minimum atomic E-state index is -0.455. The lowest BCUT2D eigenvalue weighted by Gasteiger charge is -2.10. The standard InChI is InChI=1S/C7H14N2O/c1-6(4-5-8-3)9-7(2)10/h2,6,8H,4-5H2,1,3H3,(H,9,10).